The third kappa shape index (κ3) is 5.10. The van der Waals surface area contributed by atoms with Gasteiger partial charge in [0, 0.05) is 0 Å². The van der Waals surface area contributed by atoms with Gasteiger partial charge in [0.1, 0.15) is 0 Å². The standard InChI is InChI=1S/2C5H6N.Ni/c2*6-5-3-1-2-4-5;/h2*1-4H,6H2;/q2*-1;+2. The molecule has 0 radical (unpaired) electrons. The van der Waals surface area contributed by atoms with E-state index in [0.29, 0.717) is 0 Å². The van der Waals surface area contributed by atoms with Crippen LogP contribution in [0.25, 0.3) is 0 Å². The van der Waals surface area contributed by atoms with E-state index in [9.17, 15) is 0 Å². The molecule has 2 aromatic carbocycles. The van der Waals surface area contributed by atoms with Crippen molar-refractivity contribution in [1.29, 1.82) is 0 Å². The Balaban J connectivity index is 0.000000206. The van der Waals surface area contributed by atoms with Crippen molar-refractivity contribution >= 4 is 11.4 Å². The van der Waals surface area contributed by atoms with Gasteiger partial charge in [0.05, 0.1) is 0 Å². The minimum absolute atomic E-state index is 0. The molecule has 0 fully saturated rings. The molecule has 4 N–H and O–H groups in total. The molecule has 0 aromatic heterocycles. The number of hydrogen-bond donors (Lipinski definition) is 2. The summed E-state index contributed by atoms with van der Waals surface area (Å²) in [5.74, 6) is 0. The van der Waals surface area contributed by atoms with E-state index in [1.807, 2.05) is 48.5 Å². The predicted octanol–water partition coefficient (Wildman–Crippen LogP) is 1.97. The van der Waals surface area contributed by atoms with Gasteiger partial charge in [-0.3, -0.25) is 0 Å². The molecule has 2 aromatic rings. The van der Waals surface area contributed by atoms with Gasteiger partial charge in [0.15, 0.2) is 0 Å². The molecule has 0 aliphatic rings. The average molecular weight is 219 g/mol. The molecule has 2 rings (SSSR count). The van der Waals surface area contributed by atoms with Gasteiger partial charge in [0.25, 0.3) is 0 Å². The molecule has 0 bridgehead atoms. The van der Waals surface area contributed by atoms with Crippen molar-refractivity contribution in [3.05, 3.63) is 48.5 Å². The van der Waals surface area contributed by atoms with E-state index in [0.717, 1.165) is 11.4 Å². The van der Waals surface area contributed by atoms with E-state index in [4.69, 9.17) is 11.5 Å². The summed E-state index contributed by atoms with van der Waals surface area (Å²) in [6.07, 6.45) is 0. The number of rotatable bonds is 0. The van der Waals surface area contributed by atoms with Crippen molar-refractivity contribution in [2.24, 2.45) is 0 Å². The Bertz CT molecular complexity index is 252. The predicted molar refractivity (Wildman–Crippen MR) is 52.9 cm³/mol. The van der Waals surface area contributed by atoms with Gasteiger partial charge in [-0.1, -0.05) is 11.4 Å². The second-order valence-electron chi connectivity index (χ2n) is 2.44. The fourth-order valence-corrected chi connectivity index (χ4v) is 0.778. The Morgan fingerprint density at radius 1 is 0.615 bits per heavy atom. The SMILES string of the molecule is N[c-]1cccc1.N[c-]1cccc1.[Ni+2]. The van der Waals surface area contributed by atoms with Crippen molar-refractivity contribution in [2.75, 3.05) is 11.5 Å². The third-order valence-corrected chi connectivity index (χ3v) is 1.38. The summed E-state index contributed by atoms with van der Waals surface area (Å²) in [4.78, 5) is 0. The monoisotopic (exact) mass is 218 g/mol. The second-order valence-corrected chi connectivity index (χ2v) is 2.44. The van der Waals surface area contributed by atoms with Crippen molar-refractivity contribution in [1.82, 2.24) is 0 Å². The molecule has 0 atom stereocenters. The van der Waals surface area contributed by atoms with Gasteiger partial charge in [-0.25, -0.2) is 24.3 Å². The molecule has 0 spiro atoms. The second kappa shape index (κ2) is 6.32. The summed E-state index contributed by atoms with van der Waals surface area (Å²) in [5, 5.41) is 0. The Labute approximate surface area is 88.2 Å². The Morgan fingerprint density at radius 2 is 0.846 bits per heavy atom. The molecule has 3 heteroatoms. The van der Waals surface area contributed by atoms with Gasteiger partial charge in [-0.2, -0.15) is 24.3 Å². The molecule has 0 unspecified atom stereocenters. The molecule has 0 saturated carbocycles. The Kier molecular flexibility index (Phi) is 5.74. The minimum Gasteiger partial charge on any atom is -0.449 e. The van der Waals surface area contributed by atoms with Gasteiger partial charge in [-0.15, -0.1) is 0 Å². The number of hydrogen-bond acceptors (Lipinski definition) is 2. The molecule has 0 saturated heterocycles. The normalized spacial score (nSPS) is 8.00. The molecule has 0 amide bonds. The Morgan fingerprint density at radius 3 is 0.923 bits per heavy atom. The summed E-state index contributed by atoms with van der Waals surface area (Å²) >= 11 is 0. The van der Waals surface area contributed by atoms with E-state index in [1.54, 1.807) is 0 Å². The number of anilines is 2. The first-order valence-electron chi connectivity index (χ1n) is 3.73. The van der Waals surface area contributed by atoms with E-state index in [1.165, 1.54) is 0 Å². The maximum Gasteiger partial charge on any atom is 2.00 e. The molecular weight excluding hydrogens is 207 g/mol. The summed E-state index contributed by atoms with van der Waals surface area (Å²) in [7, 11) is 0. The smallest absolute Gasteiger partial charge is 0.449 e. The van der Waals surface area contributed by atoms with Gasteiger partial charge >= 0.3 is 16.5 Å². The van der Waals surface area contributed by atoms with Gasteiger partial charge < -0.3 is 11.5 Å². The molecule has 0 aliphatic carbocycles. The first-order valence-corrected chi connectivity index (χ1v) is 3.73. The van der Waals surface area contributed by atoms with Crippen LogP contribution in [0, 0.1) is 0 Å². The van der Waals surface area contributed by atoms with Crippen LogP contribution in [0.3, 0.4) is 0 Å². The maximum atomic E-state index is 5.28. The molecule has 2 nitrogen and oxygen atoms in total. The van der Waals surface area contributed by atoms with Crippen LogP contribution in [-0.2, 0) is 16.5 Å². The van der Waals surface area contributed by atoms with E-state index in [2.05, 4.69) is 0 Å². The first-order chi connectivity index (χ1) is 5.79. The fraction of sp³-hybridized carbons (Fsp3) is 0. The van der Waals surface area contributed by atoms with Crippen LogP contribution in [0.4, 0.5) is 11.4 Å². The Hall–Kier alpha value is -1.21. The topological polar surface area (TPSA) is 52.0 Å². The van der Waals surface area contributed by atoms with E-state index in [-0.39, 0.29) is 16.5 Å². The summed E-state index contributed by atoms with van der Waals surface area (Å²) in [6, 6.07) is 15.1. The molecular formula is C10H12N2Ni. The van der Waals surface area contributed by atoms with Crippen molar-refractivity contribution < 1.29 is 16.5 Å². The third-order valence-electron chi connectivity index (χ3n) is 1.38. The largest absolute Gasteiger partial charge is 2.00 e. The quantitative estimate of drug-likeness (QED) is 0.525. The van der Waals surface area contributed by atoms with Crippen molar-refractivity contribution in [3.63, 3.8) is 0 Å². The molecule has 72 valence electrons. The number of nitrogens with two attached hydrogens (primary N) is 2. The number of nitrogen functional groups attached to an aromatic ring is 2. The van der Waals surface area contributed by atoms with Crippen LogP contribution in [0.15, 0.2) is 48.5 Å². The molecule has 0 aliphatic heterocycles. The summed E-state index contributed by atoms with van der Waals surface area (Å²) in [6.45, 7) is 0. The van der Waals surface area contributed by atoms with E-state index >= 15 is 0 Å². The van der Waals surface area contributed by atoms with E-state index < -0.39 is 0 Å². The summed E-state index contributed by atoms with van der Waals surface area (Å²) in [5.41, 5.74) is 12.2. The molecule has 13 heavy (non-hydrogen) atoms. The van der Waals surface area contributed by atoms with Crippen LogP contribution in [0.2, 0.25) is 0 Å². The molecule has 0 heterocycles. The summed E-state index contributed by atoms with van der Waals surface area (Å²) < 4.78 is 0. The zero-order valence-electron chi connectivity index (χ0n) is 7.09. The van der Waals surface area contributed by atoms with Crippen LogP contribution in [-0.4, -0.2) is 0 Å². The van der Waals surface area contributed by atoms with Crippen molar-refractivity contribution in [2.45, 2.75) is 0 Å². The van der Waals surface area contributed by atoms with Crippen LogP contribution < -0.4 is 11.5 Å². The zero-order valence-corrected chi connectivity index (χ0v) is 8.08. The zero-order chi connectivity index (χ0) is 8.81. The minimum atomic E-state index is 0. The first kappa shape index (κ1) is 11.8. The average Bonchev–Trinajstić information content (AvgIpc) is 2.63. The van der Waals surface area contributed by atoms with Gasteiger partial charge in [-0.05, 0) is 0 Å². The van der Waals surface area contributed by atoms with Gasteiger partial charge in [0.2, 0.25) is 0 Å². The maximum absolute atomic E-state index is 5.28. The van der Waals surface area contributed by atoms with Crippen LogP contribution in [0.5, 0.6) is 0 Å². The van der Waals surface area contributed by atoms with Crippen molar-refractivity contribution in [3.8, 4) is 0 Å². The van der Waals surface area contributed by atoms with Crippen LogP contribution >= 0.6 is 0 Å². The van der Waals surface area contributed by atoms with Crippen LogP contribution in [0.1, 0.15) is 0 Å². The fourth-order valence-electron chi connectivity index (χ4n) is 0.778.